The zero-order valence-corrected chi connectivity index (χ0v) is 10.7. The predicted molar refractivity (Wildman–Crippen MR) is 68.3 cm³/mol. The van der Waals surface area contributed by atoms with Gasteiger partial charge >= 0.3 is 0 Å². The summed E-state index contributed by atoms with van der Waals surface area (Å²) in [6.45, 7) is 0. The van der Waals surface area contributed by atoms with Crippen LogP contribution in [0.15, 0.2) is 24.3 Å². The van der Waals surface area contributed by atoms with Crippen molar-refractivity contribution >= 4 is 15.5 Å². The van der Waals surface area contributed by atoms with Crippen LogP contribution in [0.2, 0.25) is 0 Å². The Bertz CT molecular complexity index is 453. The van der Waals surface area contributed by atoms with Crippen LogP contribution in [-0.4, -0.2) is 33.1 Å². The van der Waals surface area contributed by atoms with Crippen molar-refractivity contribution in [3.05, 3.63) is 24.3 Å². The van der Waals surface area contributed by atoms with Gasteiger partial charge < -0.3 is 10.1 Å². The van der Waals surface area contributed by atoms with Crippen molar-refractivity contribution in [3.63, 3.8) is 0 Å². The largest absolute Gasteiger partial charge is 0.497 e. The van der Waals surface area contributed by atoms with Crippen molar-refractivity contribution in [1.82, 2.24) is 0 Å². The average molecular weight is 255 g/mol. The van der Waals surface area contributed by atoms with Gasteiger partial charge in [0.05, 0.1) is 18.6 Å². The van der Waals surface area contributed by atoms with E-state index in [1.54, 1.807) is 7.11 Å². The smallest absolute Gasteiger partial charge is 0.150 e. The van der Waals surface area contributed by atoms with Crippen molar-refractivity contribution in [3.8, 4) is 5.75 Å². The fraction of sp³-hybridized carbons (Fsp3) is 0.500. The molecule has 1 saturated heterocycles. The van der Waals surface area contributed by atoms with Gasteiger partial charge in [-0.2, -0.15) is 0 Å². The molecule has 5 heteroatoms. The van der Waals surface area contributed by atoms with E-state index in [-0.39, 0.29) is 6.04 Å². The summed E-state index contributed by atoms with van der Waals surface area (Å²) < 4.78 is 27.7. The lowest BCUT2D eigenvalue weighted by Crippen LogP contribution is -2.32. The lowest BCUT2D eigenvalue weighted by molar-refractivity contribution is 0.415. The summed E-state index contributed by atoms with van der Waals surface area (Å²) in [7, 11) is -1.15. The van der Waals surface area contributed by atoms with Gasteiger partial charge in [0.25, 0.3) is 0 Å². The molecular weight excluding hydrogens is 238 g/mol. The molecule has 1 aliphatic rings. The number of nitrogens with one attached hydrogen (secondary N) is 1. The molecule has 0 amide bonds. The van der Waals surface area contributed by atoms with Crippen molar-refractivity contribution in [2.24, 2.45) is 0 Å². The average Bonchev–Trinajstić information content (AvgIpc) is 2.33. The molecule has 1 N–H and O–H groups in total. The Kier molecular flexibility index (Phi) is 3.57. The predicted octanol–water partition coefficient (Wildman–Crippen LogP) is 1.68. The third kappa shape index (κ3) is 3.36. The minimum atomic E-state index is -2.78. The highest BCUT2D eigenvalue weighted by Gasteiger charge is 2.23. The van der Waals surface area contributed by atoms with Crippen LogP contribution in [0.5, 0.6) is 5.75 Å². The molecule has 0 aromatic heterocycles. The van der Waals surface area contributed by atoms with Gasteiger partial charge in [0.2, 0.25) is 0 Å². The molecule has 4 nitrogen and oxygen atoms in total. The summed E-state index contributed by atoms with van der Waals surface area (Å²) in [6, 6.07) is 7.93. The molecule has 0 atom stereocenters. The Morgan fingerprint density at radius 2 is 1.76 bits per heavy atom. The maximum Gasteiger partial charge on any atom is 0.150 e. The first-order valence-electron chi connectivity index (χ1n) is 5.70. The van der Waals surface area contributed by atoms with Gasteiger partial charge in [0.15, 0.2) is 0 Å². The molecule has 1 aliphatic heterocycles. The van der Waals surface area contributed by atoms with Crippen LogP contribution in [0.25, 0.3) is 0 Å². The van der Waals surface area contributed by atoms with Crippen LogP contribution >= 0.6 is 0 Å². The van der Waals surface area contributed by atoms with E-state index in [0.29, 0.717) is 24.3 Å². The zero-order valence-electron chi connectivity index (χ0n) is 9.85. The first kappa shape index (κ1) is 12.2. The molecule has 17 heavy (non-hydrogen) atoms. The first-order chi connectivity index (χ1) is 8.09. The maximum atomic E-state index is 11.3. The van der Waals surface area contributed by atoms with Crippen LogP contribution in [0.3, 0.4) is 0 Å². The highest BCUT2D eigenvalue weighted by molar-refractivity contribution is 7.91. The van der Waals surface area contributed by atoms with Crippen molar-refractivity contribution < 1.29 is 13.2 Å². The Hall–Kier alpha value is -1.23. The fourth-order valence-electron chi connectivity index (χ4n) is 1.96. The molecule has 0 bridgehead atoms. The van der Waals surface area contributed by atoms with Gasteiger partial charge in [-0.3, -0.25) is 0 Å². The number of hydrogen-bond donors (Lipinski definition) is 1. The van der Waals surface area contributed by atoms with Gasteiger partial charge in [-0.25, -0.2) is 8.42 Å². The quantitative estimate of drug-likeness (QED) is 0.893. The minimum Gasteiger partial charge on any atom is -0.497 e. The van der Waals surface area contributed by atoms with Crippen LogP contribution < -0.4 is 10.1 Å². The Balaban J connectivity index is 1.93. The summed E-state index contributed by atoms with van der Waals surface area (Å²) in [5.74, 6) is 1.41. The van der Waals surface area contributed by atoms with E-state index >= 15 is 0 Å². The second-order valence-electron chi connectivity index (χ2n) is 4.30. The third-order valence-corrected chi connectivity index (χ3v) is 4.73. The number of methoxy groups -OCH3 is 1. The molecule has 1 fully saturated rings. The van der Waals surface area contributed by atoms with Gasteiger partial charge in [0.1, 0.15) is 15.6 Å². The van der Waals surface area contributed by atoms with Crippen LogP contribution in [-0.2, 0) is 9.84 Å². The first-order valence-corrected chi connectivity index (χ1v) is 7.52. The molecule has 1 aromatic carbocycles. The van der Waals surface area contributed by atoms with Crippen molar-refractivity contribution in [2.75, 3.05) is 23.9 Å². The molecule has 94 valence electrons. The van der Waals surface area contributed by atoms with Crippen molar-refractivity contribution in [2.45, 2.75) is 18.9 Å². The number of ether oxygens (including phenoxy) is 1. The lowest BCUT2D eigenvalue weighted by atomic mass is 10.1. The normalized spacial score (nSPS) is 19.8. The molecule has 0 radical (unpaired) electrons. The highest BCUT2D eigenvalue weighted by atomic mass is 32.2. The molecule has 0 saturated carbocycles. The number of anilines is 1. The lowest BCUT2D eigenvalue weighted by Gasteiger charge is -2.24. The van der Waals surface area contributed by atoms with E-state index in [2.05, 4.69) is 5.32 Å². The summed E-state index contributed by atoms with van der Waals surface area (Å²) in [6.07, 6.45) is 1.38. The zero-order chi connectivity index (χ0) is 12.3. The number of benzene rings is 1. The third-order valence-electron chi connectivity index (χ3n) is 3.02. The fourth-order valence-corrected chi connectivity index (χ4v) is 3.45. The number of sulfone groups is 1. The molecule has 0 aliphatic carbocycles. The van der Waals surface area contributed by atoms with E-state index in [1.807, 2.05) is 24.3 Å². The van der Waals surface area contributed by atoms with Crippen molar-refractivity contribution in [1.29, 1.82) is 0 Å². The number of rotatable bonds is 3. The molecule has 1 aromatic rings. The van der Waals surface area contributed by atoms with Crippen LogP contribution in [0.1, 0.15) is 12.8 Å². The number of hydrogen-bond acceptors (Lipinski definition) is 4. The van der Waals surface area contributed by atoms with E-state index < -0.39 is 9.84 Å². The molecule has 0 spiro atoms. The maximum absolute atomic E-state index is 11.3. The monoisotopic (exact) mass is 255 g/mol. The standard InChI is InChI=1S/C12H17NO3S/c1-16-12-4-2-10(3-5-12)13-11-6-8-17(14,15)9-7-11/h2-5,11,13H,6-9H2,1H3. The molecular formula is C12H17NO3S. The van der Waals surface area contributed by atoms with E-state index in [0.717, 1.165) is 11.4 Å². The van der Waals surface area contributed by atoms with Crippen LogP contribution in [0, 0.1) is 0 Å². The molecule has 1 heterocycles. The minimum absolute atomic E-state index is 0.256. The molecule has 0 unspecified atom stereocenters. The Morgan fingerprint density at radius 1 is 1.18 bits per heavy atom. The summed E-state index contributed by atoms with van der Waals surface area (Å²) in [5.41, 5.74) is 1.01. The van der Waals surface area contributed by atoms with E-state index in [9.17, 15) is 8.42 Å². The Morgan fingerprint density at radius 3 is 2.29 bits per heavy atom. The second kappa shape index (κ2) is 4.96. The van der Waals surface area contributed by atoms with Gasteiger partial charge in [-0.15, -0.1) is 0 Å². The summed E-state index contributed by atoms with van der Waals surface area (Å²) in [5, 5.41) is 3.35. The van der Waals surface area contributed by atoms with Crippen LogP contribution in [0.4, 0.5) is 5.69 Å². The van der Waals surface area contributed by atoms with Gasteiger partial charge in [-0.1, -0.05) is 0 Å². The SMILES string of the molecule is COc1ccc(NC2CCS(=O)(=O)CC2)cc1. The highest BCUT2D eigenvalue weighted by Crippen LogP contribution is 2.20. The van der Waals surface area contributed by atoms with Gasteiger partial charge in [-0.05, 0) is 37.1 Å². The van der Waals surface area contributed by atoms with E-state index in [4.69, 9.17) is 4.74 Å². The Labute approximate surface area is 102 Å². The van der Waals surface area contributed by atoms with Gasteiger partial charge in [0, 0.05) is 11.7 Å². The molecule has 2 rings (SSSR count). The summed E-state index contributed by atoms with van der Waals surface area (Å²) in [4.78, 5) is 0. The topological polar surface area (TPSA) is 55.4 Å². The summed E-state index contributed by atoms with van der Waals surface area (Å²) >= 11 is 0. The van der Waals surface area contributed by atoms with E-state index in [1.165, 1.54) is 0 Å². The second-order valence-corrected chi connectivity index (χ2v) is 6.60.